The van der Waals surface area contributed by atoms with Crippen LogP contribution in [0.1, 0.15) is 13.7 Å². The minimum Gasteiger partial charge on any atom is -0.457 e. The van der Waals surface area contributed by atoms with E-state index in [1.165, 1.54) is 0 Å². The number of nitrogens with zero attached hydrogens (tertiary/aromatic N) is 4. The minimum atomic E-state index is -0.559. The van der Waals surface area contributed by atoms with Gasteiger partial charge in [0, 0.05) is 63.1 Å². The smallest absolute Gasteiger partial charge is 0.143 e. The summed E-state index contributed by atoms with van der Waals surface area (Å²) in [6.45, 7) is 0.0946. The fraction of sp³-hybridized carbons (Fsp3) is 0.0152. The van der Waals surface area contributed by atoms with Gasteiger partial charge in [0.15, 0.2) is 0 Å². The Morgan fingerprint density at radius 3 is 1.64 bits per heavy atom. The Balaban J connectivity index is 0.881. The van der Waals surface area contributed by atoms with Crippen LogP contribution in [0.4, 0.5) is 22.7 Å². The van der Waals surface area contributed by atoms with Crippen LogP contribution < -0.4 is 19.3 Å². The van der Waals surface area contributed by atoms with Gasteiger partial charge in [0.1, 0.15) is 35.5 Å². The summed E-state index contributed by atoms with van der Waals surface area (Å²) in [5.74, 6) is 3.05. The summed E-state index contributed by atoms with van der Waals surface area (Å²) < 4.78 is 103. The largest absolute Gasteiger partial charge is 0.457 e. The highest BCUT2D eigenvalue weighted by molar-refractivity contribution is 6.09. The van der Waals surface area contributed by atoms with Crippen molar-refractivity contribution < 1.29 is 23.2 Å². The molecule has 0 amide bonds. The van der Waals surface area contributed by atoms with Crippen LogP contribution in [0.25, 0.3) is 72.1 Å². The van der Waals surface area contributed by atoms with Crippen molar-refractivity contribution in [3.8, 4) is 73.3 Å². The second-order valence-corrected chi connectivity index (χ2v) is 17.2. The Hall–Kier alpha value is -9.65. The Labute approximate surface area is 432 Å². The Morgan fingerprint density at radius 2 is 0.958 bits per heavy atom. The molecule has 0 radical (unpaired) electrons. The van der Waals surface area contributed by atoms with E-state index in [4.69, 9.17) is 28.2 Å². The maximum atomic E-state index is 9.08. The first-order chi connectivity index (χ1) is 39.9. The van der Waals surface area contributed by atoms with Gasteiger partial charge in [0.2, 0.25) is 0 Å². The lowest BCUT2D eigenvalue weighted by Gasteiger charge is -2.27. The van der Waals surface area contributed by atoms with Crippen molar-refractivity contribution in [2.24, 2.45) is 0 Å². The van der Waals surface area contributed by atoms with Gasteiger partial charge in [-0.25, -0.2) is 4.98 Å². The predicted molar refractivity (Wildman–Crippen MR) is 295 cm³/mol. The molecular formula is C66H46N4O2. The maximum Gasteiger partial charge on any atom is 0.143 e. The van der Waals surface area contributed by atoms with Crippen LogP contribution >= 0.6 is 0 Å². The van der Waals surface area contributed by atoms with Gasteiger partial charge in [-0.1, -0.05) is 194 Å². The number of aromatic nitrogens is 2. The molecule has 342 valence electrons. The molecular weight excluding hydrogens is 881 g/mol. The number of hydrogen-bond donors (Lipinski definition) is 0. The van der Waals surface area contributed by atoms with Crippen molar-refractivity contribution in [3.05, 3.63) is 267 Å². The summed E-state index contributed by atoms with van der Waals surface area (Å²) in [5.41, 5.74) is 8.37. The van der Waals surface area contributed by atoms with E-state index < -0.39 is 60.4 Å². The molecule has 0 N–H and O–H groups in total. The van der Waals surface area contributed by atoms with Crippen molar-refractivity contribution in [1.29, 1.82) is 0 Å². The molecule has 6 heteroatoms. The average molecular weight is 937 g/mol. The molecule has 1 aliphatic rings. The average Bonchev–Trinajstić information content (AvgIpc) is 3.90. The summed E-state index contributed by atoms with van der Waals surface area (Å²) in [7, 11) is 0. The molecule has 1 aliphatic heterocycles. The molecule has 0 saturated heterocycles. The molecule has 3 heterocycles. The van der Waals surface area contributed by atoms with Gasteiger partial charge in [-0.2, -0.15) is 0 Å². The van der Waals surface area contributed by atoms with Gasteiger partial charge in [0.05, 0.1) is 41.8 Å². The van der Waals surface area contributed by atoms with Crippen LogP contribution in [0, 0.1) is 0 Å². The zero-order valence-electron chi connectivity index (χ0n) is 48.4. The van der Waals surface area contributed by atoms with Crippen molar-refractivity contribution in [2.75, 3.05) is 16.5 Å². The van der Waals surface area contributed by atoms with Crippen LogP contribution in [0.15, 0.2) is 267 Å². The molecule has 6 nitrogen and oxygen atoms in total. The molecule has 13 rings (SSSR count). The zero-order valence-corrected chi connectivity index (χ0v) is 38.4. The van der Waals surface area contributed by atoms with E-state index in [-0.39, 0.29) is 34.6 Å². The van der Waals surface area contributed by atoms with Gasteiger partial charge in [-0.15, -0.1) is 0 Å². The molecule has 10 aromatic carbocycles. The molecule has 0 bridgehead atoms. The number of pyridine rings is 1. The highest BCUT2D eigenvalue weighted by Gasteiger charge is 2.31. The summed E-state index contributed by atoms with van der Waals surface area (Å²) in [6.07, 6.45) is 1.76. The fourth-order valence-corrected chi connectivity index (χ4v) is 9.79. The Bertz CT molecular complexity index is 4340. The van der Waals surface area contributed by atoms with Crippen molar-refractivity contribution in [1.82, 2.24) is 9.55 Å². The normalized spacial score (nSPS) is 14.0. The highest BCUT2D eigenvalue weighted by atomic mass is 16.5. The Kier molecular flexibility index (Phi) is 8.41. The fourth-order valence-electron chi connectivity index (χ4n) is 9.79. The minimum absolute atomic E-state index is 0.0946. The van der Waals surface area contributed by atoms with E-state index in [0.29, 0.717) is 28.8 Å². The van der Waals surface area contributed by atoms with Crippen molar-refractivity contribution >= 4 is 44.6 Å². The van der Waals surface area contributed by atoms with E-state index in [9.17, 15) is 0 Å². The molecule has 0 atom stereocenters. The molecule has 0 spiro atoms. The van der Waals surface area contributed by atoms with Gasteiger partial charge in [-0.3, -0.25) is 4.57 Å². The van der Waals surface area contributed by atoms with E-state index in [1.807, 2.05) is 137 Å². The number of para-hydroxylation sites is 5. The highest BCUT2D eigenvalue weighted by Crippen LogP contribution is 2.50. The monoisotopic (exact) mass is 936 g/mol. The second kappa shape index (κ2) is 18.3. The van der Waals surface area contributed by atoms with E-state index in [1.54, 1.807) is 24.4 Å². The lowest BCUT2D eigenvalue weighted by molar-refractivity contribution is 0.483. The van der Waals surface area contributed by atoms with Crippen LogP contribution in [-0.4, -0.2) is 16.2 Å². The van der Waals surface area contributed by atoms with Gasteiger partial charge < -0.3 is 19.3 Å². The van der Waals surface area contributed by atoms with Crippen molar-refractivity contribution in [3.63, 3.8) is 0 Å². The topological polar surface area (TPSA) is 42.8 Å². The summed E-state index contributed by atoms with van der Waals surface area (Å²) in [6, 6.07) is 59.6. The third-order valence-electron chi connectivity index (χ3n) is 13.0. The summed E-state index contributed by atoms with van der Waals surface area (Å²) >= 11 is 0. The van der Waals surface area contributed by atoms with Crippen LogP contribution in [-0.2, 0) is 0 Å². The first-order valence-corrected chi connectivity index (χ1v) is 23.5. The molecule has 2 aromatic heterocycles. The number of hydrogen-bond acceptors (Lipinski definition) is 5. The molecule has 12 aromatic rings. The van der Waals surface area contributed by atoms with Gasteiger partial charge in [0.25, 0.3) is 0 Å². The number of fused-ring (bicyclic) bond motifs is 4. The SMILES string of the molecule is [2H]c1c([2H])c([2H])c(-c2cccc(-c3c([2H])c([2H])c([2H])c([2H])c3[2H])c2N2CN(c3cccc(Oc4ccc5c6ccccc6n(-c6cc(Oc7c(-c8ccccc8)cccc7-c7ccccc7)ccn6)c5c4)c3)c3ccccc32)c([2H])c1[2H]. The number of rotatable bonds is 11. The van der Waals surface area contributed by atoms with E-state index >= 15 is 0 Å². The third-order valence-corrected chi connectivity index (χ3v) is 13.0. The lowest BCUT2D eigenvalue weighted by Crippen LogP contribution is -2.24. The number of anilines is 4. The van der Waals surface area contributed by atoms with E-state index in [0.717, 1.165) is 61.2 Å². The molecule has 0 saturated carbocycles. The molecule has 0 aliphatic carbocycles. The van der Waals surface area contributed by atoms with Gasteiger partial charge >= 0.3 is 0 Å². The van der Waals surface area contributed by atoms with Crippen LogP contribution in [0.2, 0.25) is 0 Å². The quantitative estimate of drug-likeness (QED) is 0.129. The standard InChI is InChI=1S/C66H46N4O2/c1-5-20-46(21-6-1)54-31-18-32-55(47-22-7-2-8-23-47)65(54)69-45-68(61-36-15-16-37-62(61)69)50-28-17-29-51(42-50)71-52-38-39-59-58-30-13-14-35-60(58)70(63(59)43-52)64-44-53(40-41-67-64)72-66-56(48-24-9-3-10-25-48)33-19-34-57(66)49-26-11-4-12-27-49/h1-44H,45H2/i1D,2D,5D,6D,7D,8D,20D,21D,22D,23D. The van der Waals surface area contributed by atoms with E-state index in [2.05, 4.69) is 59.2 Å². The number of benzene rings is 10. The maximum absolute atomic E-state index is 9.08. The Morgan fingerprint density at radius 1 is 0.403 bits per heavy atom. The predicted octanol–water partition coefficient (Wildman–Crippen LogP) is 17.7. The van der Waals surface area contributed by atoms with Crippen LogP contribution in [0.3, 0.4) is 0 Å². The number of ether oxygens (including phenoxy) is 2. The summed E-state index contributed by atoms with van der Waals surface area (Å²) in [5, 5.41) is 2.02. The first-order valence-electron chi connectivity index (χ1n) is 28.5. The molecule has 0 unspecified atom stereocenters. The summed E-state index contributed by atoms with van der Waals surface area (Å²) in [4.78, 5) is 8.86. The third kappa shape index (κ3) is 7.78. The lowest BCUT2D eigenvalue weighted by atomic mass is 9.95. The molecule has 72 heavy (non-hydrogen) atoms. The molecule has 0 fully saturated rings. The zero-order chi connectivity index (χ0) is 56.5. The van der Waals surface area contributed by atoms with Crippen molar-refractivity contribution in [2.45, 2.75) is 0 Å². The van der Waals surface area contributed by atoms with Gasteiger partial charge in [-0.05, 0) is 70.8 Å². The second-order valence-electron chi connectivity index (χ2n) is 17.2. The first kappa shape index (κ1) is 33.0. The van der Waals surface area contributed by atoms with Crippen LogP contribution in [0.5, 0.6) is 23.0 Å².